The molecule has 1 N–H and O–H groups in total. The van der Waals surface area contributed by atoms with Crippen molar-refractivity contribution in [3.05, 3.63) is 0 Å². The van der Waals surface area contributed by atoms with E-state index in [4.69, 9.17) is 0 Å². The van der Waals surface area contributed by atoms with Gasteiger partial charge in [-0.3, -0.25) is 4.79 Å². The van der Waals surface area contributed by atoms with Crippen LogP contribution in [-0.4, -0.2) is 37.0 Å². The Bertz CT molecular complexity index is 348. The van der Waals surface area contributed by atoms with Gasteiger partial charge in [0, 0.05) is 30.5 Å². The molecule has 1 unspecified atom stereocenters. The maximum atomic E-state index is 13.0. The van der Waals surface area contributed by atoms with Crippen LogP contribution >= 0.6 is 0 Å². The summed E-state index contributed by atoms with van der Waals surface area (Å²) in [5, 5.41) is 3.56. The molecule has 3 rings (SSSR count). The first-order valence-electron chi connectivity index (χ1n) is 8.64. The average molecular weight is 278 g/mol. The second-order valence-electron chi connectivity index (χ2n) is 7.73. The molecule has 2 heterocycles. The molecule has 0 aromatic carbocycles. The molecule has 0 radical (unpaired) electrons. The summed E-state index contributed by atoms with van der Waals surface area (Å²) in [7, 11) is 0. The Hall–Kier alpha value is -0.570. The van der Waals surface area contributed by atoms with E-state index in [0.717, 1.165) is 39.0 Å². The van der Waals surface area contributed by atoms with E-state index in [1.807, 2.05) is 0 Å². The predicted molar refractivity (Wildman–Crippen MR) is 81.5 cm³/mol. The third kappa shape index (κ3) is 2.74. The molecule has 2 aliphatic heterocycles. The van der Waals surface area contributed by atoms with Crippen LogP contribution in [0.2, 0.25) is 0 Å². The Kier molecular flexibility index (Phi) is 4.07. The number of carbonyl (C=O) groups is 1. The first kappa shape index (κ1) is 14.4. The number of carbonyl (C=O) groups excluding carboxylic acids is 1. The molecule has 1 saturated carbocycles. The third-order valence-corrected chi connectivity index (χ3v) is 5.98. The maximum absolute atomic E-state index is 13.0. The lowest BCUT2D eigenvalue weighted by Crippen LogP contribution is -2.55. The SMILES string of the molecule is CC1(C(=O)N2CCCC3(CCCNC3)C2)CCCCC1. The lowest BCUT2D eigenvalue weighted by molar-refractivity contribution is -0.147. The number of nitrogens with one attached hydrogen (secondary N) is 1. The summed E-state index contributed by atoms with van der Waals surface area (Å²) in [5.74, 6) is 0.460. The van der Waals surface area contributed by atoms with E-state index in [0.29, 0.717) is 11.3 Å². The standard InChI is InChI=1S/C17H30N2O/c1-16(7-3-2-4-8-16)15(20)19-12-6-10-17(14-19)9-5-11-18-13-17/h18H,2-14H2,1H3. The van der Waals surface area contributed by atoms with Crippen LogP contribution in [0.3, 0.4) is 0 Å². The highest BCUT2D eigenvalue weighted by molar-refractivity contribution is 5.82. The number of hydrogen-bond donors (Lipinski definition) is 1. The summed E-state index contributed by atoms with van der Waals surface area (Å²) >= 11 is 0. The van der Waals surface area contributed by atoms with Crippen molar-refractivity contribution >= 4 is 5.91 Å². The monoisotopic (exact) mass is 278 g/mol. The highest BCUT2D eigenvalue weighted by atomic mass is 16.2. The van der Waals surface area contributed by atoms with Gasteiger partial charge in [0.1, 0.15) is 0 Å². The van der Waals surface area contributed by atoms with Crippen molar-refractivity contribution < 1.29 is 4.79 Å². The Morgan fingerprint density at radius 3 is 2.45 bits per heavy atom. The maximum Gasteiger partial charge on any atom is 0.228 e. The van der Waals surface area contributed by atoms with Gasteiger partial charge in [-0.25, -0.2) is 0 Å². The summed E-state index contributed by atoms with van der Waals surface area (Å²) in [5.41, 5.74) is 0.329. The smallest absolute Gasteiger partial charge is 0.228 e. The largest absolute Gasteiger partial charge is 0.342 e. The minimum Gasteiger partial charge on any atom is -0.342 e. The summed E-state index contributed by atoms with van der Waals surface area (Å²) in [4.78, 5) is 15.2. The Morgan fingerprint density at radius 1 is 1.00 bits per heavy atom. The average Bonchev–Trinajstić information content (AvgIpc) is 2.48. The van der Waals surface area contributed by atoms with Gasteiger partial charge in [-0.05, 0) is 45.1 Å². The summed E-state index contributed by atoms with van der Waals surface area (Å²) in [6, 6.07) is 0. The molecule has 0 aromatic heterocycles. The first-order chi connectivity index (χ1) is 9.64. The minimum absolute atomic E-state index is 0.0567. The fourth-order valence-electron chi connectivity index (χ4n) is 4.69. The molecule has 114 valence electrons. The molecular formula is C17H30N2O. The summed E-state index contributed by atoms with van der Waals surface area (Å²) in [6.45, 7) is 6.50. The molecule has 1 amide bonds. The fraction of sp³-hybridized carbons (Fsp3) is 0.941. The van der Waals surface area contributed by atoms with Gasteiger partial charge in [0.05, 0.1) is 0 Å². The van der Waals surface area contributed by atoms with Crippen molar-refractivity contribution in [3.63, 3.8) is 0 Å². The lowest BCUT2D eigenvalue weighted by atomic mass is 9.71. The van der Waals surface area contributed by atoms with Crippen molar-refractivity contribution in [2.24, 2.45) is 10.8 Å². The topological polar surface area (TPSA) is 32.3 Å². The number of nitrogens with zero attached hydrogens (tertiary/aromatic N) is 1. The van der Waals surface area contributed by atoms with Gasteiger partial charge in [-0.15, -0.1) is 0 Å². The molecule has 1 spiro atoms. The zero-order valence-electron chi connectivity index (χ0n) is 13.0. The van der Waals surface area contributed by atoms with Gasteiger partial charge in [0.2, 0.25) is 5.91 Å². The number of piperidine rings is 2. The van der Waals surface area contributed by atoms with Gasteiger partial charge in [0.25, 0.3) is 0 Å². The van der Waals surface area contributed by atoms with Gasteiger partial charge in [-0.1, -0.05) is 26.2 Å². The second-order valence-corrected chi connectivity index (χ2v) is 7.73. The van der Waals surface area contributed by atoms with Crippen LogP contribution in [0.5, 0.6) is 0 Å². The first-order valence-corrected chi connectivity index (χ1v) is 8.64. The highest BCUT2D eigenvalue weighted by Crippen LogP contribution is 2.41. The van der Waals surface area contributed by atoms with Crippen molar-refractivity contribution in [1.82, 2.24) is 10.2 Å². The van der Waals surface area contributed by atoms with Crippen LogP contribution in [0.15, 0.2) is 0 Å². The Labute approximate surface area is 123 Å². The molecule has 3 nitrogen and oxygen atoms in total. The van der Waals surface area contributed by atoms with Crippen LogP contribution < -0.4 is 5.32 Å². The quantitative estimate of drug-likeness (QED) is 0.800. The predicted octanol–water partition coefficient (Wildman–Crippen LogP) is 2.95. The van der Waals surface area contributed by atoms with E-state index in [1.54, 1.807) is 0 Å². The van der Waals surface area contributed by atoms with Crippen molar-refractivity contribution in [3.8, 4) is 0 Å². The Balaban J connectivity index is 1.68. The van der Waals surface area contributed by atoms with Crippen molar-refractivity contribution in [2.75, 3.05) is 26.2 Å². The number of hydrogen-bond acceptors (Lipinski definition) is 2. The molecule has 0 aromatic rings. The van der Waals surface area contributed by atoms with Crippen LogP contribution in [0.1, 0.15) is 64.7 Å². The van der Waals surface area contributed by atoms with Crippen LogP contribution in [0.25, 0.3) is 0 Å². The van der Waals surface area contributed by atoms with Gasteiger partial charge < -0.3 is 10.2 Å². The van der Waals surface area contributed by atoms with Crippen LogP contribution in [-0.2, 0) is 4.79 Å². The van der Waals surface area contributed by atoms with E-state index >= 15 is 0 Å². The minimum atomic E-state index is -0.0567. The van der Waals surface area contributed by atoms with Crippen molar-refractivity contribution in [2.45, 2.75) is 64.7 Å². The van der Waals surface area contributed by atoms with Crippen molar-refractivity contribution in [1.29, 1.82) is 0 Å². The van der Waals surface area contributed by atoms with E-state index in [9.17, 15) is 4.79 Å². The zero-order valence-corrected chi connectivity index (χ0v) is 13.0. The number of rotatable bonds is 1. The fourth-order valence-corrected chi connectivity index (χ4v) is 4.69. The molecule has 3 fully saturated rings. The van der Waals surface area contributed by atoms with E-state index in [2.05, 4.69) is 17.1 Å². The third-order valence-electron chi connectivity index (χ3n) is 5.98. The summed E-state index contributed by atoms with van der Waals surface area (Å²) in [6.07, 6.45) is 11.1. The normalized spacial score (nSPS) is 34.1. The molecule has 0 bridgehead atoms. The number of likely N-dealkylation sites (tertiary alicyclic amines) is 1. The van der Waals surface area contributed by atoms with Crippen LogP contribution in [0.4, 0.5) is 0 Å². The van der Waals surface area contributed by atoms with E-state index < -0.39 is 0 Å². The molecule has 2 saturated heterocycles. The lowest BCUT2D eigenvalue weighted by Gasteiger charge is -2.48. The molecule has 1 atom stereocenters. The zero-order chi connectivity index (χ0) is 14.1. The highest BCUT2D eigenvalue weighted by Gasteiger charge is 2.43. The van der Waals surface area contributed by atoms with Crippen LogP contribution in [0, 0.1) is 10.8 Å². The molecule has 3 heteroatoms. The molecule has 20 heavy (non-hydrogen) atoms. The number of amides is 1. The molecule has 1 aliphatic carbocycles. The van der Waals surface area contributed by atoms with E-state index in [-0.39, 0.29) is 5.41 Å². The molecular weight excluding hydrogens is 248 g/mol. The van der Waals surface area contributed by atoms with Gasteiger partial charge in [-0.2, -0.15) is 0 Å². The van der Waals surface area contributed by atoms with Gasteiger partial charge in [0.15, 0.2) is 0 Å². The molecule has 3 aliphatic rings. The summed E-state index contributed by atoms with van der Waals surface area (Å²) < 4.78 is 0. The van der Waals surface area contributed by atoms with Gasteiger partial charge >= 0.3 is 0 Å². The Morgan fingerprint density at radius 2 is 1.75 bits per heavy atom. The second kappa shape index (κ2) is 5.67. The van der Waals surface area contributed by atoms with E-state index in [1.165, 1.54) is 44.9 Å².